The van der Waals surface area contributed by atoms with E-state index in [1.807, 2.05) is 6.92 Å². The van der Waals surface area contributed by atoms with E-state index in [-0.39, 0.29) is 12.1 Å². The zero-order valence-corrected chi connectivity index (χ0v) is 12.7. The van der Waals surface area contributed by atoms with Gasteiger partial charge in [-0.05, 0) is 39.5 Å². The maximum absolute atomic E-state index is 11.6. The Hall–Kier alpha value is -1.26. The molecule has 0 aliphatic carbocycles. The van der Waals surface area contributed by atoms with E-state index in [4.69, 9.17) is 5.11 Å². The van der Waals surface area contributed by atoms with Crippen molar-refractivity contribution < 1.29 is 14.7 Å². The van der Waals surface area contributed by atoms with Gasteiger partial charge in [0.1, 0.15) is 0 Å². The summed E-state index contributed by atoms with van der Waals surface area (Å²) in [6.45, 7) is 9.94. The van der Waals surface area contributed by atoms with E-state index >= 15 is 0 Å². The van der Waals surface area contributed by atoms with E-state index in [1.54, 1.807) is 13.8 Å². The molecule has 5 heteroatoms. The maximum atomic E-state index is 11.6. The molecule has 0 fully saturated rings. The molecule has 5 nitrogen and oxygen atoms in total. The zero-order valence-electron chi connectivity index (χ0n) is 12.7. The van der Waals surface area contributed by atoms with Crippen LogP contribution in [0.4, 0.5) is 4.79 Å². The smallest absolute Gasteiger partial charge is 0.314 e. The fourth-order valence-electron chi connectivity index (χ4n) is 1.70. The summed E-state index contributed by atoms with van der Waals surface area (Å²) in [5.41, 5.74) is -0.810. The van der Waals surface area contributed by atoms with Gasteiger partial charge in [0, 0.05) is 12.6 Å². The Kier molecular flexibility index (Phi) is 7.49. The van der Waals surface area contributed by atoms with Gasteiger partial charge in [0.05, 0.1) is 5.41 Å². The average molecular weight is 272 g/mol. The SMILES string of the molecule is CCC(C)CC(C)NC(=O)NCCC(C)(C)C(=O)O. The van der Waals surface area contributed by atoms with Crippen LogP contribution < -0.4 is 10.6 Å². The third-order valence-electron chi connectivity index (χ3n) is 3.44. The number of carboxylic acid groups (broad SMARTS) is 1. The fourth-order valence-corrected chi connectivity index (χ4v) is 1.70. The van der Waals surface area contributed by atoms with Crippen LogP contribution in [-0.4, -0.2) is 29.7 Å². The largest absolute Gasteiger partial charge is 0.481 e. The van der Waals surface area contributed by atoms with Gasteiger partial charge < -0.3 is 15.7 Å². The summed E-state index contributed by atoms with van der Waals surface area (Å²) in [4.78, 5) is 22.5. The molecular formula is C14H28N2O3. The average Bonchev–Trinajstić information content (AvgIpc) is 2.27. The van der Waals surface area contributed by atoms with Crippen molar-refractivity contribution in [1.82, 2.24) is 10.6 Å². The highest BCUT2D eigenvalue weighted by atomic mass is 16.4. The van der Waals surface area contributed by atoms with Gasteiger partial charge >= 0.3 is 12.0 Å². The fraction of sp³-hybridized carbons (Fsp3) is 0.857. The van der Waals surface area contributed by atoms with Gasteiger partial charge in [-0.25, -0.2) is 4.79 Å². The first-order valence-corrected chi connectivity index (χ1v) is 6.96. The second-order valence-electron chi connectivity index (χ2n) is 5.99. The molecule has 0 aliphatic rings. The molecule has 0 spiro atoms. The van der Waals surface area contributed by atoms with Crippen LogP contribution in [0.3, 0.4) is 0 Å². The van der Waals surface area contributed by atoms with Crippen molar-refractivity contribution in [3.8, 4) is 0 Å². The summed E-state index contributed by atoms with van der Waals surface area (Å²) in [5, 5.41) is 14.5. The molecule has 2 atom stereocenters. The molecule has 19 heavy (non-hydrogen) atoms. The molecule has 0 heterocycles. The normalized spacial score (nSPS) is 14.6. The molecule has 0 aromatic carbocycles. The van der Waals surface area contributed by atoms with Gasteiger partial charge in [-0.2, -0.15) is 0 Å². The summed E-state index contributed by atoms with van der Waals surface area (Å²) in [7, 11) is 0. The lowest BCUT2D eigenvalue weighted by atomic mass is 9.90. The minimum Gasteiger partial charge on any atom is -0.481 e. The Morgan fingerprint density at radius 1 is 1.26 bits per heavy atom. The van der Waals surface area contributed by atoms with Crippen LogP contribution in [0, 0.1) is 11.3 Å². The van der Waals surface area contributed by atoms with Crippen LogP contribution in [0.1, 0.15) is 53.9 Å². The molecule has 0 rings (SSSR count). The first kappa shape index (κ1) is 17.7. The van der Waals surface area contributed by atoms with Gasteiger partial charge in [0.15, 0.2) is 0 Å². The highest BCUT2D eigenvalue weighted by molar-refractivity contribution is 5.75. The molecule has 0 aromatic rings. The molecule has 0 radical (unpaired) electrons. The van der Waals surface area contributed by atoms with E-state index in [9.17, 15) is 9.59 Å². The summed E-state index contributed by atoms with van der Waals surface area (Å²) < 4.78 is 0. The van der Waals surface area contributed by atoms with E-state index < -0.39 is 11.4 Å². The number of carbonyl (C=O) groups is 2. The van der Waals surface area contributed by atoms with Crippen LogP contribution in [0.2, 0.25) is 0 Å². The summed E-state index contributed by atoms with van der Waals surface area (Å²) in [6.07, 6.45) is 2.46. The topological polar surface area (TPSA) is 78.4 Å². The van der Waals surface area contributed by atoms with Gasteiger partial charge in [-0.3, -0.25) is 4.79 Å². The minimum absolute atomic E-state index is 0.127. The van der Waals surface area contributed by atoms with Gasteiger partial charge in [-0.1, -0.05) is 20.3 Å². The molecule has 0 saturated carbocycles. The Labute approximate surface area is 116 Å². The lowest BCUT2D eigenvalue weighted by Gasteiger charge is -2.20. The number of carboxylic acids is 1. The third-order valence-corrected chi connectivity index (χ3v) is 3.44. The van der Waals surface area contributed by atoms with Crippen LogP contribution in [0.25, 0.3) is 0 Å². The summed E-state index contributed by atoms with van der Waals surface area (Å²) in [6, 6.07) is -0.0978. The van der Waals surface area contributed by atoms with E-state index in [2.05, 4.69) is 24.5 Å². The number of hydrogen-bond acceptors (Lipinski definition) is 2. The number of carbonyl (C=O) groups excluding carboxylic acids is 1. The van der Waals surface area contributed by atoms with Crippen LogP contribution in [-0.2, 0) is 4.79 Å². The first-order chi connectivity index (χ1) is 8.69. The Bertz CT molecular complexity index is 303. The van der Waals surface area contributed by atoms with Gasteiger partial charge in [-0.15, -0.1) is 0 Å². The molecule has 3 N–H and O–H groups in total. The van der Waals surface area contributed by atoms with Crippen LogP contribution >= 0.6 is 0 Å². The lowest BCUT2D eigenvalue weighted by Crippen LogP contribution is -2.42. The van der Waals surface area contributed by atoms with Crippen LogP contribution in [0.15, 0.2) is 0 Å². The quantitative estimate of drug-likeness (QED) is 0.635. The summed E-state index contributed by atoms with van der Waals surface area (Å²) >= 11 is 0. The predicted molar refractivity (Wildman–Crippen MR) is 76.1 cm³/mol. The number of nitrogens with one attached hydrogen (secondary N) is 2. The molecule has 0 saturated heterocycles. The predicted octanol–water partition coefficient (Wildman–Crippen LogP) is 2.61. The molecule has 2 unspecified atom stereocenters. The number of hydrogen-bond donors (Lipinski definition) is 3. The highest BCUT2D eigenvalue weighted by Gasteiger charge is 2.26. The van der Waals surface area contributed by atoms with Crippen molar-refractivity contribution in [2.24, 2.45) is 11.3 Å². The molecular weight excluding hydrogens is 244 g/mol. The van der Waals surface area contributed by atoms with E-state index in [0.717, 1.165) is 12.8 Å². The number of aliphatic carboxylic acids is 1. The Morgan fingerprint density at radius 3 is 2.32 bits per heavy atom. The van der Waals surface area contributed by atoms with Crippen molar-refractivity contribution in [1.29, 1.82) is 0 Å². The van der Waals surface area contributed by atoms with Crippen molar-refractivity contribution in [3.05, 3.63) is 0 Å². The number of urea groups is 1. The molecule has 0 aliphatic heterocycles. The zero-order chi connectivity index (χ0) is 15.1. The van der Waals surface area contributed by atoms with E-state index in [0.29, 0.717) is 18.9 Å². The lowest BCUT2D eigenvalue weighted by molar-refractivity contribution is -0.147. The number of amides is 2. The second-order valence-corrected chi connectivity index (χ2v) is 5.99. The third kappa shape index (κ3) is 7.70. The van der Waals surface area contributed by atoms with Gasteiger partial charge in [0.25, 0.3) is 0 Å². The maximum Gasteiger partial charge on any atom is 0.314 e. The first-order valence-electron chi connectivity index (χ1n) is 6.96. The molecule has 2 amide bonds. The second kappa shape index (κ2) is 8.02. The molecule has 0 bridgehead atoms. The summed E-state index contributed by atoms with van der Waals surface area (Å²) in [5.74, 6) is -0.263. The molecule has 0 aromatic heterocycles. The monoisotopic (exact) mass is 272 g/mol. The molecule has 112 valence electrons. The van der Waals surface area contributed by atoms with Crippen molar-refractivity contribution in [2.75, 3.05) is 6.54 Å². The van der Waals surface area contributed by atoms with Crippen molar-refractivity contribution in [3.63, 3.8) is 0 Å². The van der Waals surface area contributed by atoms with E-state index in [1.165, 1.54) is 0 Å². The standard InChI is InChI=1S/C14H28N2O3/c1-6-10(2)9-11(3)16-13(19)15-8-7-14(4,5)12(17)18/h10-11H,6-9H2,1-5H3,(H,17,18)(H2,15,16,19). The minimum atomic E-state index is -0.847. The van der Waals surface area contributed by atoms with Crippen molar-refractivity contribution in [2.45, 2.75) is 59.9 Å². The Balaban J connectivity index is 3.91. The van der Waals surface area contributed by atoms with Gasteiger partial charge in [0.2, 0.25) is 0 Å². The number of rotatable bonds is 8. The van der Waals surface area contributed by atoms with Crippen LogP contribution in [0.5, 0.6) is 0 Å². The highest BCUT2D eigenvalue weighted by Crippen LogP contribution is 2.19. The van der Waals surface area contributed by atoms with Crippen molar-refractivity contribution >= 4 is 12.0 Å². The Morgan fingerprint density at radius 2 is 1.84 bits per heavy atom.